The van der Waals surface area contributed by atoms with Crippen LogP contribution in [0.4, 0.5) is 10.1 Å². The molecule has 1 aromatic carbocycles. The van der Waals surface area contributed by atoms with Crippen molar-refractivity contribution in [3.8, 4) is 0 Å². The molecule has 1 amide bonds. The number of carbonyl (C=O) groups is 1. The van der Waals surface area contributed by atoms with Crippen LogP contribution in [0, 0.1) is 5.82 Å². The molecule has 0 aliphatic rings. The first-order valence-electron chi connectivity index (χ1n) is 5.33. The SMILES string of the molecule is CSc1nnc(SCC(=O)Nc2ccc(Cl)cc2F)s1. The second-order valence-electron chi connectivity index (χ2n) is 3.50. The van der Waals surface area contributed by atoms with Crippen molar-refractivity contribution in [1.29, 1.82) is 0 Å². The summed E-state index contributed by atoms with van der Waals surface area (Å²) in [7, 11) is 0. The van der Waals surface area contributed by atoms with Gasteiger partial charge in [-0.1, -0.05) is 46.5 Å². The Bertz CT molecular complexity index is 623. The summed E-state index contributed by atoms with van der Waals surface area (Å²) in [5, 5.41) is 10.6. The van der Waals surface area contributed by atoms with Crippen LogP contribution in [0.3, 0.4) is 0 Å². The van der Waals surface area contributed by atoms with E-state index < -0.39 is 5.82 Å². The molecule has 1 aromatic heterocycles. The summed E-state index contributed by atoms with van der Waals surface area (Å²) in [4.78, 5) is 11.7. The molecule has 0 radical (unpaired) electrons. The quantitative estimate of drug-likeness (QED) is 0.832. The molecule has 0 saturated heterocycles. The van der Waals surface area contributed by atoms with Crippen molar-refractivity contribution in [3.63, 3.8) is 0 Å². The van der Waals surface area contributed by atoms with E-state index in [4.69, 9.17) is 11.6 Å². The first-order valence-corrected chi connectivity index (χ1v) is 8.74. The summed E-state index contributed by atoms with van der Waals surface area (Å²) in [5.74, 6) is -0.723. The van der Waals surface area contributed by atoms with Gasteiger partial charge in [0.1, 0.15) is 5.82 Å². The zero-order valence-corrected chi connectivity index (χ0v) is 13.4. The van der Waals surface area contributed by atoms with E-state index in [0.29, 0.717) is 4.34 Å². The number of benzene rings is 1. The maximum absolute atomic E-state index is 13.5. The Hall–Kier alpha value is -0.830. The molecule has 0 aliphatic heterocycles. The molecule has 0 atom stereocenters. The summed E-state index contributed by atoms with van der Waals surface area (Å²) in [6.07, 6.45) is 1.91. The van der Waals surface area contributed by atoms with E-state index in [2.05, 4.69) is 15.5 Å². The van der Waals surface area contributed by atoms with Crippen LogP contribution in [0.1, 0.15) is 0 Å². The van der Waals surface area contributed by atoms with Crippen LogP contribution >= 0.6 is 46.5 Å². The van der Waals surface area contributed by atoms with E-state index >= 15 is 0 Å². The van der Waals surface area contributed by atoms with Crippen LogP contribution in [0.2, 0.25) is 5.02 Å². The average molecular weight is 350 g/mol. The molecule has 0 spiro atoms. The number of nitrogens with zero attached hydrogens (tertiary/aromatic N) is 2. The largest absolute Gasteiger partial charge is 0.323 e. The molecule has 9 heteroatoms. The highest BCUT2D eigenvalue weighted by Gasteiger charge is 2.10. The molecule has 2 aromatic rings. The van der Waals surface area contributed by atoms with E-state index in [1.807, 2.05) is 6.26 Å². The maximum Gasteiger partial charge on any atom is 0.234 e. The van der Waals surface area contributed by atoms with Crippen LogP contribution in [0.15, 0.2) is 26.9 Å². The van der Waals surface area contributed by atoms with Crippen molar-refractivity contribution in [1.82, 2.24) is 10.2 Å². The van der Waals surface area contributed by atoms with Gasteiger partial charge in [-0.05, 0) is 24.5 Å². The number of amides is 1. The molecule has 0 unspecified atom stereocenters. The molecule has 0 bridgehead atoms. The highest BCUT2D eigenvalue weighted by molar-refractivity contribution is 8.03. The topological polar surface area (TPSA) is 54.9 Å². The highest BCUT2D eigenvalue weighted by atomic mass is 35.5. The third-order valence-corrected chi connectivity index (χ3v) is 5.36. The van der Waals surface area contributed by atoms with Crippen LogP contribution in [-0.4, -0.2) is 28.1 Å². The maximum atomic E-state index is 13.5. The van der Waals surface area contributed by atoms with Gasteiger partial charge in [-0.2, -0.15) is 0 Å². The van der Waals surface area contributed by atoms with Crippen LogP contribution in [0.5, 0.6) is 0 Å². The average Bonchev–Trinajstić information content (AvgIpc) is 2.88. The second kappa shape index (κ2) is 7.26. The standard InChI is InChI=1S/C11H9ClFN3OS3/c1-18-10-15-16-11(20-10)19-5-9(17)14-8-3-2-6(12)4-7(8)13/h2-4H,5H2,1H3,(H,14,17). The lowest BCUT2D eigenvalue weighted by molar-refractivity contribution is -0.113. The van der Waals surface area contributed by atoms with Crippen molar-refractivity contribution in [2.45, 2.75) is 8.68 Å². The molecule has 106 valence electrons. The van der Waals surface area contributed by atoms with Crippen molar-refractivity contribution in [3.05, 3.63) is 29.0 Å². The van der Waals surface area contributed by atoms with E-state index in [-0.39, 0.29) is 22.4 Å². The number of halogens is 2. The molecule has 0 aliphatic carbocycles. The number of anilines is 1. The second-order valence-corrected chi connectivity index (χ2v) is 7.19. The number of hydrogen-bond donors (Lipinski definition) is 1. The Labute approximate surface area is 132 Å². The van der Waals surface area contributed by atoms with E-state index in [1.165, 1.54) is 47.0 Å². The molecule has 0 saturated carbocycles. The number of rotatable bonds is 5. The smallest absolute Gasteiger partial charge is 0.234 e. The first-order chi connectivity index (χ1) is 9.58. The van der Waals surface area contributed by atoms with Crippen LogP contribution in [-0.2, 0) is 4.79 Å². The van der Waals surface area contributed by atoms with Gasteiger partial charge in [0.05, 0.1) is 11.4 Å². The fourth-order valence-corrected chi connectivity index (χ4v) is 3.64. The predicted molar refractivity (Wildman–Crippen MR) is 82.5 cm³/mol. The van der Waals surface area contributed by atoms with Gasteiger partial charge in [-0.25, -0.2) is 4.39 Å². The normalized spacial score (nSPS) is 10.6. The van der Waals surface area contributed by atoms with Gasteiger partial charge < -0.3 is 5.32 Å². The fraction of sp³-hybridized carbons (Fsp3) is 0.182. The number of thioether (sulfide) groups is 2. The predicted octanol–water partition coefficient (Wildman–Crippen LogP) is 3.78. The van der Waals surface area contributed by atoms with Crippen LogP contribution in [0.25, 0.3) is 0 Å². The number of aromatic nitrogens is 2. The zero-order chi connectivity index (χ0) is 14.5. The monoisotopic (exact) mass is 349 g/mol. The van der Waals surface area contributed by atoms with Gasteiger partial charge in [-0.3, -0.25) is 4.79 Å². The van der Waals surface area contributed by atoms with Crippen LogP contribution < -0.4 is 5.32 Å². The van der Waals surface area contributed by atoms with Crippen molar-refractivity contribution in [2.75, 3.05) is 17.3 Å². The first kappa shape index (κ1) is 15.6. The lowest BCUT2D eigenvalue weighted by Gasteiger charge is -2.05. The Morgan fingerprint density at radius 3 is 2.85 bits per heavy atom. The summed E-state index contributed by atoms with van der Waals surface area (Å²) < 4.78 is 15.0. The van der Waals surface area contributed by atoms with E-state index in [9.17, 15) is 9.18 Å². The van der Waals surface area contributed by atoms with Gasteiger partial charge in [0.15, 0.2) is 8.68 Å². The molecule has 4 nitrogen and oxygen atoms in total. The minimum Gasteiger partial charge on any atom is -0.323 e. The van der Waals surface area contributed by atoms with E-state index in [0.717, 1.165) is 10.4 Å². The fourth-order valence-electron chi connectivity index (χ4n) is 1.24. The van der Waals surface area contributed by atoms with Gasteiger partial charge in [0.25, 0.3) is 0 Å². The van der Waals surface area contributed by atoms with Gasteiger partial charge in [0, 0.05) is 5.02 Å². The Morgan fingerprint density at radius 2 is 2.20 bits per heavy atom. The number of carbonyl (C=O) groups excluding carboxylic acids is 1. The minimum atomic E-state index is -0.559. The third-order valence-electron chi connectivity index (χ3n) is 2.09. The van der Waals surface area contributed by atoms with Gasteiger partial charge in [-0.15, -0.1) is 10.2 Å². The summed E-state index contributed by atoms with van der Waals surface area (Å²) in [5.41, 5.74) is 0.113. The molecular formula is C11H9ClFN3OS3. The Morgan fingerprint density at radius 1 is 1.45 bits per heavy atom. The highest BCUT2D eigenvalue weighted by Crippen LogP contribution is 2.27. The lowest BCUT2D eigenvalue weighted by atomic mass is 10.3. The van der Waals surface area contributed by atoms with Crippen molar-refractivity contribution >= 4 is 58.1 Å². The molecule has 1 N–H and O–H groups in total. The summed E-state index contributed by atoms with van der Waals surface area (Å²) in [6, 6.07) is 4.10. The number of hydrogen-bond acceptors (Lipinski definition) is 6. The summed E-state index contributed by atoms with van der Waals surface area (Å²) >= 11 is 9.82. The Kier molecular flexibility index (Phi) is 5.64. The number of nitrogens with one attached hydrogen (secondary N) is 1. The molecule has 20 heavy (non-hydrogen) atoms. The molecular weight excluding hydrogens is 341 g/mol. The molecule has 2 rings (SSSR count). The molecule has 1 heterocycles. The minimum absolute atomic E-state index is 0.113. The summed E-state index contributed by atoms with van der Waals surface area (Å²) in [6.45, 7) is 0. The van der Waals surface area contributed by atoms with Gasteiger partial charge >= 0.3 is 0 Å². The Balaban J connectivity index is 1.89. The van der Waals surface area contributed by atoms with Crippen molar-refractivity contribution in [2.24, 2.45) is 0 Å². The van der Waals surface area contributed by atoms with Crippen molar-refractivity contribution < 1.29 is 9.18 Å². The zero-order valence-electron chi connectivity index (χ0n) is 10.2. The van der Waals surface area contributed by atoms with Gasteiger partial charge in [0.2, 0.25) is 5.91 Å². The third kappa shape index (κ3) is 4.34. The van der Waals surface area contributed by atoms with E-state index in [1.54, 1.807) is 0 Å². The lowest BCUT2D eigenvalue weighted by Crippen LogP contribution is -2.14. The molecule has 0 fully saturated rings.